The van der Waals surface area contributed by atoms with Gasteiger partial charge in [0.05, 0.1) is 21.3 Å². The molecule has 3 rings (SSSR count). The average Bonchev–Trinajstić information content (AvgIpc) is 3.37. The van der Waals surface area contributed by atoms with Gasteiger partial charge in [-0.1, -0.05) is 69.8 Å². The molecule has 0 unspecified atom stereocenters. The number of aliphatic carboxylic acids is 1. The summed E-state index contributed by atoms with van der Waals surface area (Å²) in [5.74, 6) is 0.316. The van der Waals surface area contributed by atoms with Crippen molar-refractivity contribution in [2.24, 2.45) is 5.10 Å². The molecule has 0 bridgehead atoms. The highest BCUT2D eigenvalue weighted by atomic mass is 35.5. The zero-order chi connectivity index (χ0) is 23.1. The van der Waals surface area contributed by atoms with E-state index in [0.717, 1.165) is 6.92 Å². The highest BCUT2D eigenvalue weighted by Crippen LogP contribution is 2.48. The van der Waals surface area contributed by atoms with Gasteiger partial charge in [-0.3, -0.25) is 4.79 Å². The van der Waals surface area contributed by atoms with Crippen molar-refractivity contribution in [2.45, 2.75) is 18.7 Å². The molecule has 0 aliphatic heterocycles. The van der Waals surface area contributed by atoms with Crippen LogP contribution in [0.25, 0.3) is 0 Å². The number of hydrogen-bond donors (Lipinski definition) is 1. The first-order chi connectivity index (χ1) is 14.6. The summed E-state index contributed by atoms with van der Waals surface area (Å²) in [7, 11) is 0. The summed E-state index contributed by atoms with van der Waals surface area (Å²) in [6.07, 6.45) is 4.90. The van der Waals surface area contributed by atoms with E-state index in [-0.39, 0.29) is 37.5 Å². The summed E-state index contributed by atoms with van der Waals surface area (Å²) >= 11 is 31.7. The van der Waals surface area contributed by atoms with Gasteiger partial charge in [0.15, 0.2) is 5.75 Å². The maximum atomic E-state index is 9.00. The Bertz CT molecular complexity index is 1070. The van der Waals surface area contributed by atoms with Gasteiger partial charge in [-0.2, -0.15) is 9.78 Å². The predicted octanol–water partition coefficient (Wildman–Crippen LogP) is 6.41. The van der Waals surface area contributed by atoms with E-state index in [9.17, 15) is 0 Å². The molecule has 0 saturated carbocycles. The third kappa shape index (κ3) is 6.93. The second-order valence-corrected chi connectivity index (χ2v) is 8.08. The van der Waals surface area contributed by atoms with Crippen LogP contribution in [0, 0.1) is 0 Å². The van der Waals surface area contributed by atoms with Gasteiger partial charge >= 0.3 is 0 Å². The fraction of sp³-hybridized carbons (Fsp3) is 0.176. The monoisotopic (exact) mass is 544 g/mol. The van der Waals surface area contributed by atoms with Crippen LogP contribution in [0.4, 0.5) is 0 Å². The van der Waals surface area contributed by atoms with Crippen LogP contribution in [0.2, 0.25) is 25.1 Å². The third-order valence-corrected chi connectivity index (χ3v) is 6.08. The van der Waals surface area contributed by atoms with E-state index in [1.807, 2.05) is 6.26 Å². The molecule has 0 radical (unpaired) electrons. The Kier molecular flexibility index (Phi) is 9.80. The summed E-state index contributed by atoms with van der Waals surface area (Å²) in [6, 6.07) is 3.46. The number of ether oxygens (including phenoxy) is 1. The maximum absolute atomic E-state index is 9.00. The zero-order valence-corrected chi connectivity index (χ0v) is 20.4. The van der Waals surface area contributed by atoms with Gasteiger partial charge in [-0.15, -0.1) is 10.2 Å². The Hall–Kier alpha value is -1.62. The molecule has 0 amide bonds. The van der Waals surface area contributed by atoms with Crippen molar-refractivity contribution in [1.29, 1.82) is 0 Å². The molecule has 0 saturated heterocycles. The number of aromatic nitrogens is 3. The van der Waals surface area contributed by atoms with Crippen LogP contribution < -0.4 is 4.74 Å². The second-order valence-electron chi connectivity index (χ2n) is 5.42. The average molecular weight is 547 g/mol. The number of hydrogen-bond acceptors (Lipinski definition) is 7. The van der Waals surface area contributed by atoms with Gasteiger partial charge in [-0.05, 0) is 18.4 Å². The predicted molar refractivity (Wildman–Crippen MR) is 123 cm³/mol. The smallest absolute Gasteiger partial charge is 0.300 e. The minimum absolute atomic E-state index is 0.0459. The summed E-state index contributed by atoms with van der Waals surface area (Å²) in [5, 5.41) is 20.3. The summed E-state index contributed by atoms with van der Waals surface area (Å²) in [4.78, 5) is 9.00. The fourth-order valence-electron chi connectivity index (χ4n) is 1.95. The molecule has 0 atom stereocenters. The summed E-state index contributed by atoms with van der Waals surface area (Å²) < 4.78 is 12.8. The number of rotatable bonds is 6. The lowest BCUT2D eigenvalue weighted by Gasteiger charge is -2.12. The van der Waals surface area contributed by atoms with Crippen molar-refractivity contribution in [3.8, 4) is 5.75 Å². The molecule has 2 heterocycles. The lowest BCUT2D eigenvalue weighted by atomic mass is 10.3. The Labute approximate surface area is 206 Å². The van der Waals surface area contributed by atoms with Gasteiger partial charge < -0.3 is 14.3 Å². The number of furan rings is 1. The summed E-state index contributed by atoms with van der Waals surface area (Å²) in [6.45, 7) is 1.13. The molecular weight excluding hydrogens is 534 g/mol. The number of carboxylic acids is 1. The van der Waals surface area contributed by atoms with Crippen LogP contribution in [0.1, 0.15) is 18.4 Å². The Balaban J connectivity index is 0.000000785. The van der Waals surface area contributed by atoms with E-state index in [2.05, 4.69) is 15.3 Å². The molecule has 14 heteroatoms. The number of halogens is 5. The number of carbonyl (C=O) groups is 1. The van der Waals surface area contributed by atoms with E-state index >= 15 is 0 Å². The standard InChI is InChI=1S/C15H9Cl5N4O2S.C2H4O2/c1-27-15-23-21-6-24(15)22-4-7-2-3-8(26-7)5-25-14-12(19)10(17)9(16)11(18)13(14)20;1-2(3)4/h2-4,6H,5H2,1H3;1H3,(H,3,4)/b22-4+;. The van der Waals surface area contributed by atoms with E-state index in [0.29, 0.717) is 16.7 Å². The molecule has 0 spiro atoms. The van der Waals surface area contributed by atoms with Crippen molar-refractivity contribution in [3.05, 3.63) is 55.1 Å². The largest absolute Gasteiger partial charge is 0.482 e. The molecular formula is C17H13Cl5N4O4S. The first kappa shape index (κ1) is 25.6. The minimum Gasteiger partial charge on any atom is -0.482 e. The van der Waals surface area contributed by atoms with Gasteiger partial charge in [0.25, 0.3) is 5.97 Å². The van der Waals surface area contributed by atoms with Crippen LogP contribution in [-0.4, -0.2) is 38.4 Å². The lowest BCUT2D eigenvalue weighted by molar-refractivity contribution is -0.134. The van der Waals surface area contributed by atoms with Gasteiger partial charge in [0.1, 0.15) is 34.5 Å². The van der Waals surface area contributed by atoms with E-state index in [1.165, 1.54) is 29.0 Å². The SMILES string of the molecule is CC(=O)O.CSc1nncn1/N=C/c1ccc(COc2c(Cl)c(Cl)c(Cl)c(Cl)c2Cl)o1. The van der Waals surface area contributed by atoms with Gasteiger partial charge in [0, 0.05) is 6.92 Å². The van der Waals surface area contributed by atoms with Crippen molar-refractivity contribution in [1.82, 2.24) is 14.9 Å². The highest BCUT2D eigenvalue weighted by Gasteiger charge is 2.21. The highest BCUT2D eigenvalue weighted by molar-refractivity contribution is 7.98. The van der Waals surface area contributed by atoms with Crippen molar-refractivity contribution in [3.63, 3.8) is 0 Å². The Morgan fingerprint density at radius 2 is 1.77 bits per heavy atom. The van der Waals surface area contributed by atoms with Gasteiger partial charge in [0.2, 0.25) is 5.16 Å². The Morgan fingerprint density at radius 1 is 1.19 bits per heavy atom. The molecule has 1 aromatic carbocycles. The zero-order valence-electron chi connectivity index (χ0n) is 15.8. The quantitative estimate of drug-likeness (QED) is 0.165. The molecule has 0 fully saturated rings. The number of carboxylic acid groups (broad SMARTS) is 1. The number of nitrogens with zero attached hydrogens (tertiary/aromatic N) is 4. The molecule has 8 nitrogen and oxygen atoms in total. The van der Waals surface area contributed by atoms with E-state index in [4.69, 9.17) is 77.1 Å². The van der Waals surface area contributed by atoms with Gasteiger partial charge in [-0.25, -0.2) is 0 Å². The van der Waals surface area contributed by atoms with Crippen LogP contribution in [0.5, 0.6) is 5.75 Å². The van der Waals surface area contributed by atoms with E-state index in [1.54, 1.807) is 12.1 Å². The number of thioether (sulfide) groups is 1. The molecule has 0 aliphatic carbocycles. The van der Waals surface area contributed by atoms with Crippen LogP contribution in [0.15, 0.2) is 33.1 Å². The number of benzene rings is 1. The van der Waals surface area contributed by atoms with Crippen molar-refractivity contribution >= 4 is 82.0 Å². The van der Waals surface area contributed by atoms with Crippen LogP contribution in [0.3, 0.4) is 0 Å². The maximum Gasteiger partial charge on any atom is 0.300 e. The van der Waals surface area contributed by atoms with E-state index < -0.39 is 5.97 Å². The Morgan fingerprint density at radius 3 is 2.35 bits per heavy atom. The topological polar surface area (TPSA) is 103 Å². The fourth-order valence-corrected chi connectivity index (χ4v) is 3.59. The molecule has 166 valence electrons. The van der Waals surface area contributed by atoms with Crippen molar-refractivity contribution < 1.29 is 19.1 Å². The first-order valence-corrected chi connectivity index (χ1v) is 11.2. The second kappa shape index (κ2) is 11.8. The first-order valence-electron chi connectivity index (χ1n) is 8.06. The summed E-state index contributed by atoms with van der Waals surface area (Å²) in [5.41, 5.74) is 0. The molecule has 2 aromatic heterocycles. The minimum atomic E-state index is -0.833. The van der Waals surface area contributed by atoms with Crippen LogP contribution in [-0.2, 0) is 11.4 Å². The molecule has 1 N–H and O–H groups in total. The third-order valence-electron chi connectivity index (χ3n) is 3.20. The molecule has 31 heavy (non-hydrogen) atoms. The van der Waals surface area contributed by atoms with Crippen molar-refractivity contribution in [2.75, 3.05) is 6.26 Å². The van der Waals surface area contributed by atoms with Crippen LogP contribution >= 0.6 is 69.8 Å². The molecule has 3 aromatic rings. The molecule has 0 aliphatic rings. The lowest BCUT2D eigenvalue weighted by Crippen LogP contribution is -1.96. The normalized spacial score (nSPS) is 10.8.